The summed E-state index contributed by atoms with van der Waals surface area (Å²) in [5.74, 6) is -0.746. The van der Waals surface area contributed by atoms with E-state index in [1.54, 1.807) is 19.9 Å². The predicted octanol–water partition coefficient (Wildman–Crippen LogP) is 5.32. The van der Waals surface area contributed by atoms with Crippen LogP contribution in [0.2, 0.25) is 0 Å². The SMILES string of the molecule is COc1cc(Br)ccc1C(C)(C)CC(C)C(F)(F)F. The normalized spacial score (nSPS) is 14.3. The van der Waals surface area contributed by atoms with Crippen molar-refractivity contribution in [3.63, 3.8) is 0 Å². The highest BCUT2D eigenvalue weighted by molar-refractivity contribution is 9.10. The number of rotatable bonds is 4. The highest BCUT2D eigenvalue weighted by Gasteiger charge is 2.40. The minimum Gasteiger partial charge on any atom is -0.496 e. The third-order valence-corrected chi connectivity index (χ3v) is 3.76. The number of hydrogen-bond acceptors (Lipinski definition) is 1. The molecule has 0 saturated heterocycles. The first-order chi connectivity index (χ1) is 8.58. The van der Waals surface area contributed by atoms with Crippen LogP contribution in [0.15, 0.2) is 22.7 Å². The summed E-state index contributed by atoms with van der Waals surface area (Å²) < 4.78 is 44.2. The lowest BCUT2D eigenvalue weighted by Gasteiger charge is -2.31. The summed E-state index contributed by atoms with van der Waals surface area (Å²) >= 11 is 3.33. The Bertz CT molecular complexity index is 441. The van der Waals surface area contributed by atoms with Crippen LogP contribution in [-0.2, 0) is 5.41 Å². The highest BCUT2D eigenvalue weighted by atomic mass is 79.9. The molecular weight excluding hydrogens is 321 g/mol. The van der Waals surface area contributed by atoms with Gasteiger partial charge in [0.25, 0.3) is 0 Å². The second-order valence-electron chi connectivity index (χ2n) is 5.38. The van der Waals surface area contributed by atoms with Gasteiger partial charge in [-0.05, 0) is 29.5 Å². The Kier molecular flexibility index (Phi) is 4.93. The average Bonchev–Trinajstić information content (AvgIpc) is 2.26. The van der Waals surface area contributed by atoms with Crippen LogP contribution in [-0.4, -0.2) is 13.3 Å². The Morgan fingerprint density at radius 3 is 2.32 bits per heavy atom. The summed E-state index contributed by atoms with van der Waals surface area (Å²) in [5, 5.41) is 0. The van der Waals surface area contributed by atoms with Crippen molar-refractivity contribution in [1.82, 2.24) is 0 Å². The Labute approximate surface area is 120 Å². The van der Waals surface area contributed by atoms with Gasteiger partial charge in [0.15, 0.2) is 0 Å². The number of ether oxygens (including phenoxy) is 1. The smallest absolute Gasteiger partial charge is 0.391 e. The first kappa shape index (κ1) is 16.3. The largest absolute Gasteiger partial charge is 0.496 e. The Morgan fingerprint density at radius 1 is 1.26 bits per heavy atom. The van der Waals surface area contributed by atoms with Gasteiger partial charge in [-0.2, -0.15) is 13.2 Å². The average molecular weight is 339 g/mol. The van der Waals surface area contributed by atoms with Gasteiger partial charge in [-0.3, -0.25) is 0 Å². The molecule has 0 fully saturated rings. The quantitative estimate of drug-likeness (QED) is 0.721. The van der Waals surface area contributed by atoms with Crippen LogP contribution in [0.25, 0.3) is 0 Å². The number of alkyl halides is 3. The minimum absolute atomic E-state index is 0.0223. The van der Waals surface area contributed by atoms with E-state index in [0.717, 1.165) is 10.0 Å². The van der Waals surface area contributed by atoms with Crippen molar-refractivity contribution in [2.75, 3.05) is 7.11 Å². The van der Waals surface area contributed by atoms with E-state index >= 15 is 0 Å². The van der Waals surface area contributed by atoms with Crippen molar-refractivity contribution < 1.29 is 17.9 Å². The second kappa shape index (κ2) is 5.73. The number of benzene rings is 1. The van der Waals surface area contributed by atoms with E-state index in [1.807, 2.05) is 12.1 Å². The molecule has 0 spiro atoms. The lowest BCUT2D eigenvalue weighted by atomic mass is 9.77. The van der Waals surface area contributed by atoms with Gasteiger partial charge in [-0.1, -0.05) is 42.8 Å². The van der Waals surface area contributed by atoms with E-state index in [1.165, 1.54) is 14.0 Å². The van der Waals surface area contributed by atoms with Crippen molar-refractivity contribution in [1.29, 1.82) is 0 Å². The van der Waals surface area contributed by atoms with Gasteiger partial charge in [-0.25, -0.2) is 0 Å². The van der Waals surface area contributed by atoms with Gasteiger partial charge in [0.1, 0.15) is 5.75 Å². The zero-order valence-electron chi connectivity index (χ0n) is 11.4. The van der Waals surface area contributed by atoms with Gasteiger partial charge in [0, 0.05) is 4.47 Å². The van der Waals surface area contributed by atoms with Crippen molar-refractivity contribution in [3.8, 4) is 5.75 Å². The molecule has 0 amide bonds. The lowest BCUT2D eigenvalue weighted by Crippen LogP contribution is -2.29. The zero-order chi connectivity index (χ0) is 14.8. The lowest BCUT2D eigenvalue weighted by molar-refractivity contribution is -0.174. The summed E-state index contributed by atoms with van der Waals surface area (Å²) in [4.78, 5) is 0. The van der Waals surface area contributed by atoms with Crippen molar-refractivity contribution in [2.24, 2.45) is 5.92 Å². The fourth-order valence-electron chi connectivity index (χ4n) is 2.22. The third-order valence-electron chi connectivity index (χ3n) is 3.27. The van der Waals surface area contributed by atoms with Gasteiger partial charge >= 0.3 is 6.18 Å². The molecule has 0 saturated carbocycles. The number of methoxy groups -OCH3 is 1. The monoisotopic (exact) mass is 338 g/mol. The topological polar surface area (TPSA) is 9.23 Å². The van der Waals surface area contributed by atoms with Crippen LogP contribution < -0.4 is 4.74 Å². The number of halogens is 4. The van der Waals surface area contributed by atoms with E-state index in [-0.39, 0.29) is 6.42 Å². The van der Waals surface area contributed by atoms with E-state index in [0.29, 0.717) is 5.75 Å². The predicted molar refractivity (Wildman–Crippen MR) is 73.6 cm³/mol. The molecule has 0 aliphatic carbocycles. The maximum atomic E-state index is 12.7. The van der Waals surface area contributed by atoms with E-state index in [2.05, 4.69) is 15.9 Å². The van der Waals surface area contributed by atoms with Crippen LogP contribution in [0.1, 0.15) is 32.8 Å². The Morgan fingerprint density at radius 2 is 1.84 bits per heavy atom. The maximum absolute atomic E-state index is 12.7. The van der Waals surface area contributed by atoms with Crippen LogP contribution in [0.3, 0.4) is 0 Å². The zero-order valence-corrected chi connectivity index (χ0v) is 13.0. The summed E-state index contributed by atoms with van der Waals surface area (Å²) in [5.41, 5.74) is 0.176. The maximum Gasteiger partial charge on any atom is 0.391 e. The van der Waals surface area contributed by atoms with E-state index < -0.39 is 17.5 Å². The third kappa shape index (κ3) is 4.13. The van der Waals surface area contributed by atoms with Crippen LogP contribution >= 0.6 is 15.9 Å². The van der Waals surface area contributed by atoms with Crippen molar-refractivity contribution in [2.45, 2.75) is 38.8 Å². The van der Waals surface area contributed by atoms with E-state index in [4.69, 9.17) is 4.74 Å². The van der Waals surface area contributed by atoms with E-state index in [9.17, 15) is 13.2 Å². The fourth-order valence-corrected chi connectivity index (χ4v) is 2.56. The molecule has 19 heavy (non-hydrogen) atoms. The van der Waals surface area contributed by atoms with Crippen LogP contribution in [0.4, 0.5) is 13.2 Å². The molecule has 0 radical (unpaired) electrons. The fraction of sp³-hybridized carbons (Fsp3) is 0.571. The van der Waals surface area contributed by atoms with Crippen molar-refractivity contribution >= 4 is 15.9 Å². The minimum atomic E-state index is -4.17. The molecule has 5 heteroatoms. The first-order valence-corrected chi connectivity index (χ1v) is 6.78. The molecule has 1 unspecified atom stereocenters. The molecule has 0 heterocycles. The van der Waals surface area contributed by atoms with Gasteiger partial charge in [-0.15, -0.1) is 0 Å². The molecular formula is C14H18BrF3O. The van der Waals surface area contributed by atoms with Crippen molar-refractivity contribution in [3.05, 3.63) is 28.2 Å². The summed E-state index contributed by atoms with van der Waals surface area (Å²) in [6, 6.07) is 5.40. The Balaban J connectivity index is 3.06. The van der Waals surface area contributed by atoms with Crippen LogP contribution in [0, 0.1) is 5.92 Å². The molecule has 0 aliphatic heterocycles. The molecule has 1 aromatic rings. The molecule has 1 atom stereocenters. The van der Waals surface area contributed by atoms with Crippen LogP contribution in [0.5, 0.6) is 5.75 Å². The molecule has 1 nitrogen and oxygen atoms in total. The number of hydrogen-bond donors (Lipinski definition) is 0. The summed E-state index contributed by atoms with van der Waals surface area (Å²) in [6.45, 7) is 4.83. The molecule has 0 aliphatic rings. The first-order valence-electron chi connectivity index (χ1n) is 5.98. The molecule has 1 aromatic carbocycles. The highest BCUT2D eigenvalue weighted by Crippen LogP contribution is 2.41. The molecule has 1 rings (SSSR count). The standard InChI is InChI=1S/C14H18BrF3O/c1-9(14(16,17)18)8-13(2,3)11-6-5-10(15)7-12(11)19-4/h5-7,9H,8H2,1-4H3. The summed E-state index contributed by atoms with van der Waals surface area (Å²) in [6.07, 6.45) is -4.14. The molecule has 108 valence electrons. The summed E-state index contributed by atoms with van der Waals surface area (Å²) in [7, 11) is 1.52. The van der Waals surface area contributed by atoms with Gasteiger partial charge < -0.3 is 4.74 Å². The molecule has 0 bridgehead atoms. The molecule has 0 N–H and O–H groups in total. The van der Waals surface area contributed by atoms with Gasteiger partial charge in [0.2, 0.25) is 0 Å². The molecule has 0 aromatic heterocycles. The Hall–Kier alpha value is -0.710. The second-order valence-corrected chi connectivity index (χ2v) is 6.29. The van der Waals surface area contributed by atoms with Gasteiger partial charge in [0.05, 0.1) is 13.0 Å².